The number of Topliss-reactive ketones (excluding diaryl/α,β-unsaturated/α-hetero) is 1. The molecule has 0 radical (unpaired) electrons. The Morgan fingerprint density at radius 3 is 2.46 bits per heavy atom. The third-order valence-electron chi connectivity index (χ3n) is 5.00. The van der Waals surface area contributed by atoms with E-state index >= 15 is 0 Å². The minimum Gasteiger partial charge on any atom is -0.497 e. The zero-order valence-electron chi connectivity index (χ0n) is 15.3. The lowest BCUT2D eigenvalue weighted by Crippen LogP contribution is -2.41. The number of halogens is 3. The minimum atomic E-state index is -0.772. The normalized spacial score (nSPS) is 19.2. The number of carbonyl (C=O) groups is 2. The summed E-state index contributed by atoms with van der Waals surface area (Å²) in [4.78, 5) is 24.4. The highest BCUT2D eigenvalue weighted by Crippen LogP contribution is 2.37. The van der Waals surface area contributed by atoms with E-state index in [4.69, 9.17) is 16.3 Å². The first-order valence-corrected chi connectivity index (χ1v) is 9.31. The molecule has 148 valence electrons. The number of ether oxygens (including phenoxy) is 1. The van der Waals surface area contributed by atoms with Crippen LogP contribution in [0.4, 0.5) is 8.78 Å². The summed E-state index contributed by atoms with van der Waals surface area (Å²) in [5, 5.41) is 3.27. The number of methoxy groups -OCH3 is 1. The summed E-state index contributed by atoms with van der Waals surface area (Å²) in [5.74, 6) is -2.94. The lowest BCUT2D eigenvalue weighted by Gasteiger charge is -2.32. The molecule has 1 heterocycles. The van der Waals surface area contributed by atoms with Crippen LogP contribution in [-0.2, 0) is 16.0 Å². The van der Waals surface area contributed by atoms with Crippen molar-refractivity contribution in [2.75, 3.05) is 13.7 Å². The first-order valence-electron chi connectivity index (χ1n) is 8.93. The van der Waals surface area contributed by atoms with Gasteiger partial charge in [-0.25, -0.2) is 8.78 Å². The molecule has 1 aliphatic rings. The molecule has 1 fully saturated rings. The van der Waals surface area contributed by atoms with Crippen LogP contribution in [0.5, 0.6) is 5.75 Å². The van der Waals surface area contributed by atoms with E-state index in [0.29, 0.717) is 5.02 Å². The Morgan fingerprint density at radius 1 is 1.21 bits per heavy atom. The third kappa shape index (κ3) is 4.68. The van der Waals surface area contributed by atoms with Gasteiger partial charge in [0.05, 0.1) is 7.11 Å². The molecule has 0 bridgehead atoms. The first-order chi connectivity index (χ1) is 13.4. The van der Waals surface area contributed by atoms with Crippen LogP contribution in [0.1, 0.15) is 29.9 Å². The summed E-state index contributed by atoms with van der Waals surface area (Å²) in [5.41, 5.74) is 0.646. The molecule has 0 spiro atoms. The second-order valence-electron chi connectivity index (χ2n) is 6.93. The van der Waals surface area contributed by atoms with Gasteiger partial charge in [-0.3, -0.25) is 9.59 Å². The van der Waals surface area contributed by atoms with E-state index in [1.807, 2.05) is 0 Å². The number of carbonyl (C=O) groups excluding carboxylic acids is 2. The Balaban J connectivity index is 1.80. The van der Waals surface area contributed by atoms with Crippen LogP contribution in [0.15, 0.2) is 36.4 Å². The van der Waals surface area contributed by atoms with Crippen molar-refractivity contribution in [1.82, 2.24) is 5.32 Å². The number of hydrogen-bond donors (Lipinski definition) is 1. The molecule has 2 atom stereocenters. The van der Waals surface area contributed by atoms with Crippen LogP contribution >= 0.6 is 11.6 Å². The molecule has 1 aliphatic heterocycles. The quantitative estimate of drug-likeness (QED) is 0.786. The van der Waals surface area contributed by atoms with Crippen LogP contribution < -0.4 is 10.1 Å². The molecule has 7 heteroatoms. The lowest BCUT2D eigenvalue weighted by atomic mass is 9.77. The molecule has 4 nitrogen and oxygen atoms in total. The fraction of sp³-hybridized carbons (Fsp3) is 0.333. The van der Waals surface area contributed by atoms with Crippen LogP contribution in [0.3, 0.4) is 0 Å². The van der Waals surface area contributed by atoms with Gasteiger partial charge in [-0.2, -0.15) is 0 Å². The maximum Gasteiger partial charge on any atom is 0.220 e. The van der Waals surface area contributed by atoms with Crippen molar-refractivity contribution in [2.45, 2.75) is 25.2 Å². The highest BCUT2D eigenvalue weighted by atomic mass is 35.5. The minimum absolute atomic E-state index is 0.0642. The second-order valence-corrected chi connectivity index (χ2v) is 7.36. The molecule has 1 saturated heterocycles. The maximum atomic E-state index is 14.6. The Bertz CT molecular complexity index is 863. The van der Waals surface area contributed by atoms with Crippen molar-refractivity contribution in [3.05, 3.63) is 64.2 Å². The average molecular weight is 408 g/mol. The molecule has 2 aromatic carbocycles. The molecule has 2 unspecified atom stereocenters. The van der Waals surface area contributed by atoms with Crippen LogP contribution in [0, 0.1) is 17.6 Å². The fourth-order valence-electron chi connectivity index (χ4n) is 3.61. The summed E-state index contributed by atoms with van der Waals surface area (Å²) < 4.78 is 34.0. The van der Waals surface area contributed by atoms with Gasteiger partial charge < -0.3 is 10.1 Å². The molecule has 0 aromatic heterocycles. The van der Waals surface area contributed by atoms with E-state index in [0.717, 1.165) is 17.7 Å². The van der Waals surface area contributed by atoms with Gasteiger partial charge in [-0.05, 0) is 23.6 Å². The topological polar surface area (TPSA) is 55.4 Å². The highest BCUT2D eigenvalue weighted by molar-refractivity contribution is 6.30. The van der Waals surface area contributed by atoms with Gasteiger partial charge in [0, 0.05) is 54.4 Å². The van der Waals surface area contributed by atoms with Gasteiger partial charge in [0.15, 0.2) is 0 Å². The smallest absolute Gasteiger partial charge is 0.220 e. The number of nitrogens with one attached hydrogen (secondary N) is 1. The van der Waals surface area contributed by atoms with Crippen LogP contribution in [0.25, 0.3) is 0 Å². The summed E-state index contributed by atoms with van der Waals surface area (Å²) in [6.45, 7) is 0.195. The molecular formula is C21H20ClF2NO3. The fourth-order valence-corrected chi connectivity index (χ4v) is 3.73. The zero-order chi connectivity index (χ0) is 20.3. The van der Waals surface area contributed by atoms with Gasteiger partial charge in [-0.15, -0.1) is 0 Å². The van der Waals surface area contributed by atoms with E-state index in [-0.39, 0.29) is 48.8 Å². The van der Waals surface area contributed by atoms with Crippen molar-refractivity contribution in [1.29, 1.82) is 0 Å². The monoisotopic (exact) mass is 407 g/mol. The lowest BCUT2D eigenvalue weighted by molar-refractivity contribution is -0.125. The molecule has 0 saturated carbocycles. The van der Waals surface area contributed by atoms with E-state index in [1.54, 1.807) is 24.3 Å². The molecule has 28 heavy (non-hydrogen) atoms. The number of rotatable bonds is 6. The second kappa shape index (κ2) is 8.69. The van der Waals surface area contributed by atoms with Crippen LogP contribution in [-0.4, -0.2) is 25.3 Å². The van der Waals surface area contributed by atoms with Gasteiger partial charge in [-0.1, -0.05) is 23.7 Å². The predicted molar refractivity (Wildman–Crippen MR) is 102 cm³/mol. The molecule has 3 rings (SSSR count). The zero-order valence-corrected chi connectivity index (χ0v) is 16.1. The van der Waals surface area contributed by atoms with E-state index in [9.17, 15) is 18.4 Å². The average Bonchev–Trinajstić information content (AvgIpc) is 2.65. The van der Waals surface area contributed by atoms with Gasteiger partial charge in [0.25, 0.3) is 0 Å². The number of amides is 1. The SMILES string of the molecule is COc1cc(F)c(C2CC(=O)NCC2CC(=O)Cc2ccc(Cl)cc2)c(F)c1. The summed E-state index contributed by atoms with van der Waals surface area (Å²) in [7, 11) is 1.32. The van der Waals surface area contributed by atoms with Crippen molar-refractivity contribution < 1.29 is 23.1 Å². The standard InChI is InChI=1S/C21H20ClF2NO3/c1-28-16-8-18(23)21(19(24)9-16)17-10-20(27)25-11-13(17)7-15(26)6-12-2-4-14(22)5-3-12/h2-5,8-9,13,17H,6-7,10-11H2,1H3,(H,25,27). The van der Waals surface area contributed by atoms with Crippen molar-refractivity contribution >= 4 is 23.3 Å². The number of ketones is 1. The Morgan fingerprint density at radius 2 is 1.86 bits per heavy atom. The van der Waals surface area contributed by atoms with Gasteiger partial charge >= 0.3 is 0 Å². The Hall–Kier alpha value is -2.47. The van der Waals surface area contributed by atoms with E-state index in [1.165, 1.54) is 7.11 Å². The van der Waals surface area contributed by atoms with E-state index in [2.05, 4.69) is 5.32 Å². The van der Waals surface area contributed by atoms with Gasteiger partial charge in [0.2, 0.25) is 5.91 Å². The molecule has 2 aromatic rings. The van der Waals surface area contributed by atoms with Crippen LogP contribution in [0.2, 0.25) is 5.02 Å². The molecule has 1 N–H and O–H groups in total. The Kier molecular flexibility index (Phi) is 6.29. The number of benzene rings is 2. The molecular weight excluding hydrogens is 388 g/mol. The Labute approximate surface area is 166 Å². The number of piperidine rings is 1. The highest BCUT2D eigenvalue weighted by Gasteiger charge is 2.35. The summed E-state index contributed by atoms with van der Waals surface area (Å²) in [6.07, 6.45) is 0.236. The first kappa shape index (κ1) is 20.3. The summed E-state index contributed by atoms with van der Waals surface area (Å²) in [6, 6.07) is 9.13. The predicted octanol–water partition coefficient (Wildman–Crippen LogP) is 4.05. The third-order valence-corrected chi connectivity index (χ3v) is 5.25. The van der Waals surface area contributed by atoms with E-state index < -0.39 is 23.5 Å². The van der Waals surface area contributed by atoms with Crippen molar-refractivity contribution in [3.8, 4) is 5.75 Å². The maximum absolute atomic E-state index is 14.6. The molecule has 1 amide bonds. The number of hydrogen-bond acceptors (Lipinski definition) is 3. The van der Waals surface area contributed by atoms with Crippen molar-refractivity contribution in [2.24, 2.45) is 5.92 Å². The van der Waals surface area contributed by atoms with Gasteiger partial charge in [0.1, 0.15) is 23.2 Å². The largest absolute Gasteiger partial charge is 0.497 e. The molecule has 0 aliphatic carbocycles. The summed E-state index contributed by atoms with van der Waals surface area (Å²) >= 11 is 5.85. The van der Waals surface area contributed by atoms with Crippen molar-refractivity contribution in [3.63, 3.8) is 0 Å².